The van der Waals surface area contributed by atoms with Crippen molar-refractivity contribution in [1.82, 2.24) is 10.2 Å². The van der Waals surface area contributed by atoms with Crippen molar-refractivity contribution in [2.45, 2.75) is 38.0 Å². The first-order valence-corrected chi connectivity index (χ1v) is 11.6. The van der Waals surface area contributed by atoms with Crippen molar-refractivity contribution in [3.8, 4) is 0 Å². The minimum Gasteiger partial charge on any atom is -0.466 e. The van der Waals surface area contributed by atoms with Gasteiger partial charge in [-0.25, -0.2) is 8.42 Å². The second-order valence-electron chi connectivity index (χ2n) is 6.73. The second-order valence-corrected chi connectivity index (χ2v) is 8.84. The molecule has 1 fully saturated rings. The molecule has 0 aromatic heterocycles. The van der Waals surface area contributed by atoms with Crippen LogP contribution in [0, 0.1) is 5.92 Å². The van der Waals surface area contributed by atoms with E-state index in [0.717, 1.165) is 38.4 Å². The first-order valence-electron chi connectivity index (χ1n) is 9.95. The highest BCUT2D eigenvalue weighted by molar-refractivity contribution is 7.91. The fraction of sp³-hybridized carbons (Fsp3) is 0.600. The fourth-order valence-electron chi connectivity index (χ4n) is 3.20. The van der Waals surface area contributed by atoms with Crippen LogP contribution in [0.15, 0.2) is 40.2 Å². The Hall–Kier alpha value is -2.09. The van der Waals surface area contributed by atoms with Gasteiger partial charge in [0.1, 0.15) is 0 Å². The number of aliphatic imine (C=N–C) groups is 1. The van der Waals surface area contributed by atoms with E-state index in [0.29, 0.717) is 24.5 Å². The highest BCUT2D eigenvalue weighted by Gasteiger charge is 2.27. The zero-order valence-corrected chi connectivity index (χ0v) is 17.6. The molecular formula is C20H31N3O4S. The van der Waals surface area contributed by atoms with E-state index in [9.17, 15) is 13.2 Å². The van der Waals surface area contributed by atoms with Gasteiger partial charge < -0.3 is 15.0 Å². The first-order chi connectivity index (χ1) is 13.5. The molecule has 1 aromatic carbocycles. The number of guanidine groups is 1. The van der Waals surface area contributed by atoms with Crippen molar-refractivity contribution in [2.24, 2.45) is 10.9 Å². The van der Waals surface area contributed by atoms with E-state index >= 15 is 0 Å². The van der Waals surface area contributed by atoms with Crippen LogP contribution >= 0.6 is 0 Å². The summed E-state index contributed by atoms with van der Waals surface area (Å²) in [6, 6.07) is 8.51. The van der Waals surface area contributed by atoms with Crippen molar-refractivity contribution in [3.05, 3.63) is 30.3 Å². The summed E-state index contributed by atoms with van der Waals surface area (Å²) in [6.07, 6.45) is 1.95. The molecule has 1 aliphatic rings. The van der Waals surface area contributed by atoms with E-state index in [1.807, 2.05) is 13.8 Å². The highest BCUT2D eigenvalue weighted by Crippen LogP contribution is 2.19. The van der Waals surface area contributed by atoms with E-state index in [1.54, 1.807) is 30.3 Å². The summed E-state index contributed by atoms with van der Waals surface area (Å²) >= 11 is 0. The van der Waals surface area contributed by atoms with Crippen LogP contribution in [0.2, 0.25) is 0 Å². The lowest BCUT2D eigenvalue weighted by Gasteiger charge is -2.33. The number of hydrogen-bond donors (Lipinski definition) is 1. The van der Waals surface area contributed by atoms with Crippen LogP contribution in [0.3, 0.4) is 0 Å². The summed E-state index contributed by atoms with van der Waals surface area (Å²) < 4.78 is 29.8. The normalized spacial score (nSPS) is 16.1. The van der Waals surface area contributed by atoms with Gasteiger partial charge in [0.2, 0.25) is 0 Å². The van der Waals surface area contributed by atoms with Gasteiger partial charge in [0.25, 0.3) is 0 Å². The minimum atomic E-state index is -3.27. The molecule has 1 heterocycles. The number of ether oxygens (including phenoxy) is 1. The maximum absolute atomic E-state index is 12.3. The van der Waals surface area contributed by atoms with E-state index in [1.165, 1.54) is 0 Å². The summed E-state index contributed by atoms with van der Waals surface area (Å²) in [4.78, 5) is 19.0. The predicted octanol–water partition coefficient (Wildman–Crippen LogP) is 2.09. The van der Waals surface area contributed by atoms with Crippen LogP contribution in [-0.2, 0) is 19.4 Å². The molecule has 0 amide bonds. The second kappa shape index (κ2) is 11.0. The van der Waals surface area contributed by atoms with Crippen molar-refractivity contribution < 1.29 is 17.9 Å². The molecule has 156 valence electrons. The van der Waals surface area contributed by atoms with E-state index in [-0.39, 0.29) is 17.6 Å². The number of esters is 1. The minimum absolute atomic E-state index is 0.0462. The van der Waals surface area contributed by atoms with Gasteiger partial charge >= 0.3 is 5.97 Å². The van der Waals surface area contributed by atoms with Gasteiger partial charge in [0, 0.05) is 26.2 Å². The molecule has 0 atom stereocenters. The molecule has 2 rings (SSSR count). The number of likely N-dealkylation sites (tertiary alicyclic amines) is 1. The van der Waals surface area contributed by atoms with Crippen LogP contribution in [0.5, 0.6) is 0 Å². The van der Waals surface area contributed by atoms with Gasteiger partial charge in [-0.1, -0.05) is 18.2 Å². The van der Waals surface area contributed by atoms with E-state index in [2.05, 4.69) is 15.2 Å². The molecule has 1 aromatic rings. The molecule has 0 unspecified atom stereocenters. The monoisotopic (exact) mass is 409 g/mol. The van der Waals surface area contributed by atoms with Crippen molar-refractivity contribution in [3.63, 3.8) is 0 Å². The summed E-state index contributed by atoms with van der Waals surface area (Å²) in [5, 5.41) is 3.26. The standard InChI is InChI=1S/C20H31N3O4S/c1-3-21-20(23-14-11-17(12-15-23)19(24)27-4-2)22-13-8-16-28(25,26)18-9-6-5-7-10-18/h5-7,9-10,17H,3-4,8,11-16H2,1-2H3,(H,21,22). The quantitative estimate of drug-likeness (QED) is 0.306. The Bertz CT molecular complexity index is 742. The number of carbonyl (C=O) groups excluding carboxylic acids is 1. The molecule has 0 aliphatic carbocycles. The maximum atomic E-state index is 12.3. The van der Waals surface area contributed by atoms with Gasteiger partial charge in [0.15, 0.2) is 15.8 Å². The summed E-state index contributed by atoms with van der Waals surface area (Å²) in [5.41, 5.74) is 0. The zero-order chi connectivity index (χ0) is 20.4. The molecule has 0 radical (unpaired) electrons. The van der Waals surface area contributed by atoms with Gasteiger partial charge in [-0.3, -0.25) is 9.79 Å². The first kappa shape index (κ1) is 22.2. The Kier molecular flexibility index (Phi) is 8.76. The number of piperidine rings is 1. The lowest BCUT2D eigenvalue weighted by Crippen LogP contribution is -2.46. The van der Waals surface area contributed by atoms with Crippen LogP contribution in [0.4, 0.5) is 0 Å². The average Bonchev–Trinajstić information content (AvgIpc) is 2.71. The molecule has 28 heavy (non-hydrogen) atoms. The lowest BCUT2D eigenvalue weighted by atomic mass is 9.97. The van der Waals surface area contributed by atoms with Crippen molar-refractivity contribution in [1.29, 1.82) is 0 Å². The summed E-state index contributed by atoms with van der Waals surface area (Å²) in [6.45, 7) is 6.87. The zero-order valence-electron chi connectivity index (χ0n) is 16.8. The van der Waals surface area contributed by atoms with Crippen molar-refractivity contribution >= 4 is 21.8 Å². The lowest BCUT2D eigenvalue weighted by molar-refractivity contribution is -0.149. The third-order valence-corrected chi connectivity index (χ3v) is 6.50. The molecule has 7 nitrogen and oxygen atoms in total. The number of sulfone groups is 1. The molecule has 1 N–H and O–H groups in total. The van der Waals surface area contributed by atoms with Crippen LogP contribution in [0.1, 0.15) is 33.1 Å². The molecule has 1 aliphatic heterocycles. The van der Waals surface area contributed by atoms with Crippen molar-refractivity contribution in [2.75, 3.05) is 38.5 Å². The number of benzene rings is 1. The Morgan fingerprint density at radius 3 is 2.50 bits per heavy atom. The highest BCUT2D eigenvalue weighted by atomic mass is 32.2. The third-order valence-electron chi connectivity index (χ3n) is 4.68. The molecule has 8 heteroatoms. The smallest absolute Gasteiger partial charge is 0.309 e. The fourth-order valence-corrected chi connectivity index (χ4v) is 4.51. The number of rotatable bonds is 8. The molecule has 0 spiro atoms. The predicted molar refractivity (Wildman–Crippen MR) is 110 cm³/mol. The van der Waals surface area contributed by atoms with E-state index in [4.69, 9.17) is 4.74 Å². The number of nitrogens with one attached hydrogen (secondary N) is 1. The van der Waals surface area contributed by atoms with Crippen LogP contribution < -0.4 is 5.32 Å². The largest absolute Gasteiger partial charge is 0.466 e. The van der Waals surface area contributed by atoms with Gasteiger partial charge in [-0.2, -0.15) is 0 Å². The topological polar surface area (TPSA) is 88.1 Å². The SMILES string of the molecule is CCNC(=NCCCS(=O)(=O)c1ccccc1)N1CCC(C(=O)OCC)CC1. The summed E-state index contributed by atoms with van der Waals surface area (Å²) in [7, 11) is -3.27. The summed E-state index contributed by atoms with van der Waals surface area (Å²) in [5.74, 6) is 0.692. The Morgan fingerprint density at radius 1 is 1.21 bits per heavy atom. The maximum Gasteiger partial charge on any atom is 0.309 e. The number of carbonyl (C=O) groups is 1. The van der Waals surface area contributed by atoms with Gasteiger partial charge in [-0.15, -0.1) is 0 Å². The molecule has 0 bridgehead atoms. The van der Waals surface area contributed by atoms with Crippen LogP contribution in [-0.4, -0.2) is 63.8 Å². The van der Waals surface area contributed by atoms with Gasteiger partial charge in [-0.05, 0) is 45.2 Å². The number of nitrogens with zero attached hydrogens (tertiary/aromatic N) is 2. The average molecular weight is 410 g/mol. The molecule has 0 saturated carbocycles. The number of hydrogen-bond acceptors (Lipinski definition) is 5. The third kappa shape index (κ3) is 6.51. The Morgan fingerprint density at radius 2 is 1.89 bits per heavy atom. The van der Waals surface area contributed by atoms with Gasteiger partial charge in [0.05, 0.1) is 23.2 Å². The van der Waals surface area contributed by atoms with Crippen LogP contribution in [0.25, 0.3) is 0 Å². The van der Waals surface area contributed by atoms with E-state index < -0.39 is 9.84 Å². The Balaban J connectivity index is 1.86. The molecule has 1 saturated heterocycles. The Labute approximate surface area is 168 Å². The molecular weight excluding hydrogens is 378 g/mol.